The number of nitrogens with one attached hydrogen (secondary N) is 5. The molecule has 0 amide bonds. The molecule has 0 bridgehead atoms. The Kier molecular flexibility index (Phi) is 44.4. The molecule has 0 radical (unpaired) electrons. The summed E-state index contributed by atoms with van der Waals surface area (Å²) in [5.74, 6) is 3.77. The zero-order valence-corrected chi connectivity index (χ0v) is 88.3. The Morgan fingerprint density at radius 2 is 0.523 bits per heavy atom. The second kappa shape index (κ2) is 57.2. The second-order valence-electron chi connectivity index (χ2n) is 38.1. The summed E-state index contributed by atoms with van der Waals surface area (Å²) in [5, 5.41) is 22.2. The van der Waals surface area contributed by atoms with Crippen LogP contribution in [0.1, 0.15) is 219 Å². The van der Waals surface area contributed by atoms with Gasteiger partial charge in [0.2, 0.25) is 28.6 Å². The van der Waals surface area contributed by atoms with E-state index >= 15 is 0 Å². The summed E-state index contributed by atoms with van der Waals surface area (Å²) >= 11 is 0. The van der Waals surface area contributed by atoms with E-state index in [2.05, 4.69) is 189 Å². The van der Waals surface area contributed by atoms with E-state index in [0.29, 0.717) is 120 Å². The third kappa shape index (κ3) is 34.7. The highest BCUT2D eigenvalue weighted by Crippen LogP contribution is 2.27. The average Bonchev–Trinajstić information content (AvgIpc) is 0.800. The summed E-state index contributed by atoms with van der Waals surface area (Å²) in [6, 6.07) is 6.01. The number of alkyl halides is 3. The molecule has 0 atom stereocenters. The fourth-order valence-electron chi connectivity index (χ4n) is 17.0. The van der Waals surface area contributed by atoms with Crippen LogP contribution in [0.5, 0.6) is 30.1 Å². The van der Waals surface area contributed by atoms with Crippen molar-refractivity contribution >= 4 is 84.7 Å². The van der Waals surface area contributed by atoms with Gasteiger partial charge >= 0.3 is 64.4 Å². The minimum absolute atomic E-state index is 0.0164. The van der Waals surface area contributed by atoms with Crippen molar-refractivity contribution in [2.45, 2.75) is 230 Å². The number of amidine groups is 5. The van der Waals surface area contributed by atoms with Gasteiger partial charge in [-0.05, 0) is 146 Å². The fraction of sp³-hybridized carbons (Fsp3) is 0.604. The van der Waals surface area contributed by atoms with Crippen molar-refractivity contribution in [2.24, 2.45) is 31.7 Å². The Balaban J connectivity index is 0.000000177. The van der Waals surface area contributed by atoms with Crippen molar-refractivity contribution < 1.29 is 59.4 Å². The van der Waals surface area contributed by atoms with Crippen molar-refractivity contribution in [1.82, 2.24) is 98.8 Å². The molecule has 5 fully saturated rings. The topological polar surface area (TPSA) is 520 Å². The van der Waals surface area contributed by atoms with Crippen LogP contribution in [-0.2, 0) is 32.1 Å². The number of piperazine rings is 5. The van der Waals surface area contributed by atoms with Crippen LogP contribution >= 0.6 is 0 Å². The number of fused-ring (bicyclic) bond motifs is 5. The molecule has 0 spiro atoms. The lowest BCUT2D eigenvalue weighted by Crippen LogP contribution is -2.47. The summed E-state index contributed by atoms with van der Waals surface area (Å²) in [6.07, 6.45) is 12.1. The predicted octanol–water partition coefficient (Wildman–Crippen LogP) is 10.6. The molecule has 814 valence electrons. The number of hydrogen-bond donors (Lipinski definition) is 5. The molecule has 0 aromatic carbocycles. The van der Waals surface area contributed by atoms with Crippen LogP contribution in [0.4, 0.5) is 13.2 Å². The lowest BCUT2D eigenvalue weighted by Gasteiger charge is -2.34. The number of aromatic amines is 5. The number of oxime groups is 5. The van der Waals surface area contributed by atoms with Gasteiger partial charge in [0.1, 0.15) is 56.1 Å². The predicted molar refractivity (Wildman–Crippen MR) is 563 cm³/mol. The molecule has 0 unspecified atom stereocenters. The Hall–Kier alpha value is -13.6. The summed E-state index contributed by atoms with van der Waals surface area (Å²) in [5.41, 5.74) is -2.12. The highest BCUT2D eigenvalue weighted by atomic mass is 19.4. The van der Waals surface area contributed by atoms with E-state index in [1.807, 2.05) is 34.7 Å². The van der Waals surface area contributed by atoms with Crippen molar-refractivity contribution in [1.29, 1.82) is 0 Å². The average molecular weight is 2090 g/mol. The van der Waals surface area contributed by atoms with Crippen molar-refractivity contribution in [3.05, 3.63) is 162 Å². The Bertz CT molecular complexity index is 6890. The van der Waals surface area contributed by atoms with E-state index < -0.39 is 68.5 Å². The number of unbranched alkanes of at least 4 members (excludes halogenated alkanes) is 6. The van der Waals surface area contributed by atoms with Crippen LogP contribution in [0.25, 0.3) is 55.5 Å². The summed E-state index contributed by atoms with van der Waals surface area (Å²) in [7, 11) is 10.3. The van der Waals surface area contributed by atoms with Gasteiger partial charge in [-0.3, -0.25) is 48.9 Å². The van der Waals surface area contributed by atoms with Crippen LogP contribution in [0.3, 0.4) is 0 Å². The number of halogens is 3. The van der Waals surface area contributed by atoms with Gasteiger partial charge in [0.15, 0.2) is 0 Å². The molecule has 10 aromatic rings. The van der Waals surface area contributed by atoms with Crippen LogP contribution in [0, 0.1) is 5.92 Å². The maximum atomic E-state index is 12.8. The number of aryl methyl sites for hydroxylation is 5. The van der Waals surface area contributed by atoms with Gasteiger partial charge in [-0.1, -0.05) is 134 Å². The largest absolute Gasteiger partial charge is 0.403 e. The second-order valence-corrected chi connectivity index (χ2v) is 38.1. The van der Waals surface area contributed by atoms with E-state index in [1.54, 1.807) is 4.90 Å². The van der Waals surface area contributed by atoms with Crippen molar-refractivity contribution in [3.8, 4) is 30.1 Å². The molecule has 0 aliphatic carbocycles. The first-order valence-electron chi connectivity index (χ1n) is 51.9. The number of H-pyrrole nitrogens is 5. The molecule has 5 N–H and O–H groups in total. The fourth-order valence-corrected chi connectivity index (χ4v) is 17.0. The van der Waals surface area contributed by atoms with E-state index in [-0.39, 0.29) is 76.3 Å². The van der Waals surface area contributed by atoms with E-state index in [1.165, 1.54) is 30.3 Å². The molecular formula is C101H144F3N25O20. The van der Waals surface area contributed by atoms with Crippen molar-refractivity contribution in [2.75, 3.05) is 166 Å². The first kappa shape index (κ1) is 116. The third-order valence-electron chi connectivity index (χ3n) is 25.7. The lowest BCUT2D eigenvalue weighted by atomic mass is 10.1. The molecule has 5 aliphatic heterocycles. The minimum atomic E-state index is -4.35. The van der Waals surface area contributed by atoms with E-state index in [4.69, 9.17) is 46.3 Å². The van der Waals surface area contributed by atoms with Crippen LogP contribution in [-0.4, -0.2) is 300 Å². The van der Waals surface area contributed by atoms with E-state index in [0.717, 1.165) is 231 Å². The Labute approximate surface area is 858 Å². The number of rotatable bonds is 35. The SMILES string of the molecule is CCCC/C(=N\Oc1nc2oc(=O)cc(CCCC)c2c(=O)[nH]1)N1CCN(C)CC1.CCCCc1cc(=O)oc2nc(O/N=C(\CC(C)C)N3CCN(C)CC3)[nH]c(=O)c12.CCCCc1cc(=O)oc2nc(O/N=C(\CC)N3CCN(C)CC3)[nH]c(=O)c12.CCCCc1cc(=O)oc2nc(O/N=C(\CCC(F)(F)F)N3CCN(C)CC3)[nH]c(=O)c12.CCCCc1cc(=O)oc2nc(O/N=C(\CCC)N3CCN(C)CC3)[nH]c(=O)c12. The molecule has 45 nitrogen and oxygen atoms in total. The number of hydrogen-bond acceptors (Lipinski definition) is 35. The van der Waals surface area contributed by atoms with Gasteiger partial charge < -0.3 is 95.3 Å². The molecule has 10 aromatic heterocycles. The van der Waals surface area contributed by atoms with E-state index in [9.17, 15) is 61.1 Å². The maximum absolute atomic E-state index is 12.8. The number of likely N-dealkylation sites (N-methyl/N-ethyl adjacent to an activating group) is 5. The minimum Gasteiger partial charge on any atom is -0.403 e. The van der Waals surface area contributed by atoms with Crippen LogP contribution in [0.2, 0.25) is 0 Å². The zero-order valence-electron chi connectivity index (χ0n) is 88.3. The quantitative estimate of drug-likeness (QED) is 0.0140. The van der Waals surface area contributed by atoms with Gasteiger partial charge in [0.05, 0.1) is 6.42 Å². The van der Waals surface area contributed by atoms with Gasteiger partial charge in [-0.25, -0.2) is 24.0 Å². The van der Waals surface area contributed by atoms with Gasteiger partial charge in [0, 0.05) is 193 Å². The Morgan fingerprint density at radius 1 is 0.309 bits per heavy atom. The number of nitrogens with zero attached hydrogens (tertiary/aromatic N) is 20. The van der Waals surface area contributed by atoms with Crippen molar-refractivity contribution in [3.63, 3.8) is 0 Å². The Morgan fingerprint density at radius 3 is 0.745 bits per heavy atom. The standard InChI is InChI=1S/2C21H31N5O4.C20H26F3N5O4.C20H29N5O4.C19H27N5O4/c1-5-6-7-15-13-17(27)29-20-18(15)19(28)22-21(23-20)30-24-16(12-14(2)3)26-10-8-25(4)9-11-26;1-4-6-8-15-14-17(27)29-20-18(15)19(28)22-21(23-20)30-24-16(9-7-5-2)26-12-10-25(3)11-13-26;1-3-4-5-13-12-15(29)31-18-16(13)17(30)24-19(25-18)32-26-14(6-7-20(21,22)23)28-10-8-27(2)9-11-28;1-4-6-8-14-13-16(26)28-19-17(14)18(27)21-20(22-19)29-23-15(7-5-2)25-11-9-24(3)10-12-25;1-4-6-7-13-12-15(25)27-18-16(13)17(26)20-19(21-18)28-22-14(5-2)24-10-8-23(3)9-11-24/h13-14H,5-12H2,1-4H3,(H,22,23,28);14H,4-13H2,1-3H3,(H,22,23,28);12H,3-11H2,1-2H3,(H,24,25,30);13H,4-12H2,1-3H3,(H,21,22,27);12H,4-11H2,1-3H3,(H,20,21,26)/b2*24-16+;26-14+;23-15+;22-14+. The summed E-state index contributed by atoms with van der Waals surface area (Å²) in [6.45, 7) is 37.5. The van der Waals surface area contributed by atoms with Gasteiger partial charge in [0.25, 0.3) is 27.8 Å². The normalized spacial score (nSPS) is 15.9. The highest BCUT2D eigenvalue weighted by Gasteiger charge is 2.32. The maximum Gasteiger partial charge on any atom is 0.389 e. The van der Waals surface area contributed by atoms with Crippen LogP contribution < -0.4 is 80.1 Å². The highest BCUT2D eigenvalue weighted by molar-refractivity contribution is 5.85. The smallest absolute Gasteiger partial charge is 0.389 e. The number of aromatic nitrogens is 10. The molecule has 0 saturated carbocycles. The molecule has 5 saturated heterocycles. The molecule has 48 heteroatoms. The first-order valence-corrected chi connectivity index (χ1v) is 51.9. The van der Waals surface area contributed by atoms with Gasteiger partial charge in [-0.15, -0.1) is 0 Å². The summed E-state index contributed by atoms with van der Waals surface area (Å²) in [4.78, 5) is 205. The molecule has 149 heavy (non-hydrogen) atoms. The monoisotopic (exact) mass is 2080 g/mol. The zero-order chi connectivity index (χ0) is 107. The summed E-state index contributed by atoms with van der Waals surface area (Å²) < 4.78 is 64.0. The molecule has 15 heterocycles. The molecule has 15 rings (SSSR count). The van der Waals surface area contributed by atoms with Crippen LogP contribution in [0.15, 0.2) is 126 Å². The first-order chi connectivity index (χ1) is 71.6. The molecular weight excluding hydrogens is 1940 g/mol. The molecule has 5 aliphatic rings. The van der Waals surface area contributed by atoms with Gasteiger partial charge in [-0.2, -0.15) is 38.1 Å². The lowest BCUT2D eigenvalue weighted by molar-refractivity contribution is -0.133. The third-order valence-corrected chi connectivity index (χ3v) is 25.7.